The maximum atomic E-state index is 13.5. The van der Waals surface area contributed by atoms with Crippen molar-refractivity contribution in [1.29, 1.82) is 0 Å². The van der Waals surface area contributed by atoms with Gasteiger partial charge in [-0.3, -0.25) is 4.90 Å². The summed E-state index contributed by atoms with van der Waals surface area (Å²) in [5.74, 6) is 6.93. The van der Waals surface area contributed by atoms with Gasteiger partial charge >= 0.3 is 6.18 Å². The maximum Gasteiger partial charge on any atom is 0.417 e. The fourth-order valence-corrected chi connectivity index (χ4v) is 4.41. The van der Waals surface area contributed by atoms with Gasteiger partial charge in [0.1, 0.15) is 11.4 Å². The molecule has 27 heavy (non-hydrogen) atoms. The van der Waals surface area contributed by atoms with Crippen LogP contribution in [0, 0.1) is 11.8 Å². The van der Waals surface area contributed by atoms with Crippen molar-refractivity contribution in [3.05, 3.63) is 34.1 Å². The molecular weight excluding hydrogens is 375 g/mol. The lowest BCUT2D eigenvalue weighted by atomic mass is 10.1. The third kappa shape index (κ3) is 4.65. The normalized spacial score (nSPS) is 21.6. The Morgan fingerprint density at radius 3 is 2.44 bits per heavy atom. The summed E-state index contributed by atoms with van der Waals surface area (Å²) < 4.78 is 40.6. The lowest BCUT2D eigenvalue weighted by Crippen LogP contribution is -2.48. The number of rotatable bonds is 2. The van der Waals surface area contributed by atoms with Crippen molar-refractivity contribution in [1.82, 2.24) is 14.7 Å². The highest BCUT2D eigenvalue weighted by Crippen LogP contribution is 2.46. The Morgan fingerprint density at radius 2 is 1.85 bits per heavy atom. The highest BCUT2D eigenvalue weighted by molar-refractivity contribution is 8.03. The molecule has 0 amide bonds. The van der Waals surface area contributed by atoms with Gasteiger partial charge < -0.3 is 14.9 Å². The molecule has 0 bridgehead atoms. The van der Waals surface area contributed by atoms with Crippen molar-refractivity contribution < 1.29 is 18.3 Å². The second kappa shape index (κ2) is 7.46. The summed E-state index contributed by atoms with van der Waals surface area (Å²) in [6.07, 6.45) is -1.21. The molecule has 3 aliphatic heterocycles. The molecule has 8 heteroatoms. The van der Waals surface area contributed by atoms with Crippen molar-refractivity contribution in [2.24, 2.45) is 0 Å². The summed E-state index contributed by atoms with van der Waals surface area (Å²) in [5.41, 5.74) is -0.895. The standard InChI is InChI=1S/C19H24F3N3OS/c1-18(2,26)6-4-7-24-8-10-25(11-9-24)16-13-14(19(20,21)22)17-15(23(16)3)5-12-27-17/h5,13,26H,7-12H2,1-3H3. The summed E-state index contributed by atoms with van der Waals surface area (Å²) in [5, 5.41) is 9.64. The van der Waals surface area contributed by atoms with Crippen LogP contribution in [0.5, 0.6) is 0 Å². The summed E-state index contributed by atoms with van der Waals surface area (Å²) >= 11 is 1.24. The second-order valence-corrected chi connectivity index (χ2v) is 8.36. The van der Waals surface area contributed by atoms with Crippen LogP contribution in [0.2, 0.25) is 0 Å². The highest BCUT2D eigenvalue weighted by Gasteiger charge is 2.41. The zero-order valence-corrected chi connectivity index (χ0v) is 16.5. The van der Waals surface area contributed by atoms with Gasteiger partial charge in [0.05, 0.1) is 17.8 Å². The SMILES string of the molecule is CN1C2=CCSC2=C(C(F)(F)F)C=C1N1CCN(CC#CC(C)(C)O)CC1. The number of thioether (sulfide) groups is 1. The zero-order chi connectivity index (χ0) is 19.8. The van der Waals surface area contributed by atoms with Crippen LogP contribution in [0.4, 0.5) is 13.2 Å². The van der Waals surface area contributed by atoms with Crippen LogP contribution in [0.15, 0.2) is 34.1 Å². The maximum absolute atomic E-state index is 13.5. The van der Waals surface area contributed by atoms with Gasteiger partial charge in [0.2, 0.25) is 0 Å². The minimum absolute atomic E-state index is 0.328. The summed E-state index contributed by atoms with van der Waals surface area (Å²) in [4.78, 5) is 6.35. The molecule has 3 rings (SSSR count). The van der Waals surface area contributed by atoms with Gasteiger partial charge in [0, 0.05) is 43.9 Å². The van der Waals surface area contributed by atoms with Crippen molar-refractivity contribution in [2.45, 2.75) is 25.6 Å². The third-order valence-electron chi connectivity index (χ3n) is 4.66. The third-order valence-corrected chi connectivity index (χ3v) is 5.71. The highest BCUT2D eigenvalue weighted by atomic mass is 32.2. The van der Waals surface area contributed by atoms with E-state index in [1.165, 1.54) is 17.8 Å². The number of allylic oxidation sites excluding steroid dienone is 2. The van der Waals surface area contributed by atoms with E-state index in [9.17, 15) is 18.3 Å². The minimum Gasteiger partial charge on any atom is -0.378 e. The van der Waals surface area contributed by atoms with Crippen LogP contribution in [0.3, 0.4) is 0 Å². The number of alkyl halides is 3. The molecular formula is C19H24F3N3OS. The monoisotopic (exact) mass is 399 g/mol. The number of fused-ring (bicyclic) bond motifs is 1. The van der Waals surface area contributed by atoms with Crippen LogP contribution in [-0.4, -0.2) is 77.1 Å². The molecule has 1 N–H and O–H groups in total. The van der Waals surface area contributed by atoms with Gasteiger partial charge in [-0.2, -0.15) is 13.2 Å². The number of nitrogens with zero attached hydrogens (tertiary/aromatic N) is 3. The quantitative estimate of drug-likeness (QED) is 0.722. The molecule has 1 fully saturated rings. The van der Waals surface area contributed by atoms with Crippen molar-refractivity contribution >= 4 is 11.8 Å². The molecule has 1 saturated heterocycles. The molecule has 3 heterocycles. The Morgan fingerprint density at radius 1 is 1.19 bits per heavy atom. The van der Waals surface area contributed by atoms with Gasteiger partial charge in [-0.1, -0.05) is 11.8 Å². The van der Waals surface area contributed by atoms with E-state index in [-0.39, 0.29) is 0 Å². The first kappa shape index (κ1) is 20.2. The molecule has 4 nitrogen and oxygen atoms in total. The Labute approximate surface area is 162 Å². The van der Waals surface area contributed by atoms with Crippen LogP contribution < -0.4 is 0 Å². The molecule has 0 aromatic heterocycles. The molecule has 148 valence electrons. The van der Waals surface area contributed by atoms with Gasteiger partial charge in [-0.15, -0.1) is 11.8 Å². The van der Waals surface area contributed by atoms with Gasteiger partial charge in [0.25, 0.3) is 0 Å². The van der Waals surface area contributed by atoms with Crippen molar-refractivity contribution in [3.8, 4) is 11.8 Å². The lowest BCUT2D eigenvalue weighted by molar-refractivity contribution is -0.0892. The molecule has 0 atom stereocenters. The Balaban J connectivity index is 1.71. The van der Waals surface area contributed by atoms with Crippen molar-refractivity contribution in [3.63, 3.8) is 0 Å². The predicted octanol–water partition coefficient (Wildman–Crippen LogP) is 2.61. The smallest absolute Gasteiger partial charge is 0.378 e. The molecule has 0 spiro atoms. The largest absolute Gasteiger partial charge is 0.417 e. The number of likely N-dealkylation sites (N-methyl/N-ethyl adjacent to an activating group) is 1. The first-order valence-electron chi connectivity index (χ1n) is 8.86. The van der Waals surface area contributed by atoms with Gasteiger partial charge in [-0.05, 0) is 26.0 Å². The Kier molecular flexibility index (Phi) is 5.57. The van der Waals surface area contributed by atoms with E-state index >= 15 is 0 Å². The number of hydrogen-bond donors (Lipinski definition) is 1. The first-order valence-corrected chi connectivity index (χ1v) is 9.85. The van der Waals surface area contributed by atoms with E-state index in [1.54, 1.807) is 13.8 Å². The first-order chi connectivity index (χ1) is 12.6. The van der Waals surface area contributed by atoms with E-state index in [0.717, 1.165) is 13.1 Å². The van der Waals surface area contributed by atoms with E-state index < -0.39 is 17.4 Å². The summed E-state index contributed by atoms with van der Waals surface area (Å²) in [6.45, 7) is 6.54. The zero-order valence-electron chi connectivity index (χ0n) is 15.7. The van der Waals surface area contributed by atoms with Crippen LogP contribution in [0.1, 0.15) is 13.8 Å². The second-order valence-electron chi connectivity index (χ2n) is 7.33. The molecule has 0 aromatic carbocycles. The predicted molar refractivity (Wildman–Crippen MR) is 102 cm³/mol. The van der Waals surface area contributed by atoms with Gasteiger partial charge in [0.15, 0.2) is 0 Å². The minimum atomic E-state index is -4.35. The molecule has 0 aliphatic carbocycles. The average Bonchev–Trinajstić information content (AvgIpc) is 3.04. The number of hydrogen-bond acceptors (Lipinski definition) is 5. The lowest BCUT2D eigenvalue weighted by Gasteiger charge is -2.42. The van der Waals surface area contributed by atoms with E-state index in [2.05, 4.69) is 16.7 Å². The van der Waals surface area contributed by atoms with Crippen LogP contribution in [-0.2, 0) is 0 Å². The van der Waals surface area contributed by atoms with E-state index in [4.69, 9.17) is 0 Å². The fraction of sp³-hybridized carbons (Fsp3) is 0.579. The topological polar surface area (TPSA) is 30.0 Å². The molecule has 0 saturated carbocycles. The fourth-order valence-electron chi connectivity index (χ4n) is 3.31. The molecule has 0 aromatic rings. The van der Waals surface area contributed by atoms with E-state index in [0.29, 0.717) is 41.8 Å². The summed E-state index contributed by atoms with van der Waals surface area (Å²) in [6, 6.07) is 0. The molecule has 3 aliphatic rings. The van der Waals surface area contributed by atoms with Crippen LogP contribution >= 0.6 is 11.8 Å². The van der Waals surface area contributed by atoms with E-state index in [1.807, 2.05) is 22.9 Å². The average molecular weight is 399 g/mol. The number of piperazine rings is 1. The molecule has 0 unspecified atom stereocenters. The van der Waals surface area contributed by atoms with Gasteiger partial charge in [-0.25, -0.2) is 0 Å². The Hall–Kier alpha value is -1.56. The van der Waals surface area contributed by atoms with Crippen molar-refractivity contribution in [2.75, 3.05) is 45.5 Å². The number of halogens is 3. The summed E-state index contributed by atoms with van der Waals surface area (Å²) in [7, 11) is 1.83. The molecule has 0 radical (unpaired) electrons. The van der Waals surface area contributed by atoms with Crippen LogP contribution in [0.25, 0.3) is 0 Å². The Bertz CT molecular complexity index is 745. The number of aliphatic hydroxyl groups is 1.